The molecule has 0 saturated heterocycles. The van der Waals surface area contributed by atoms with Gasteiger partial charge in [0.05, 0.1) is 6.04 Å². The summed E-state index contributed by atoms with van der Waals surface area (Å²) in [6, 6.07) is 5.85. The monoisotopic (exact) mass is 271 g/mol. The third kappa shape index (κ3) is 2.93. The van der Waals surface area contributed by atoms with E-state index in [1.807, 2.05) is 18.2 Å². The van der Waals surface area contributed by atoms with Crippen LogP contribution in [-0.4, -0.2) is 0 Å². The average molecular weight is 272 g/mol. The van der Waals surface area contributed by atoms with Gasteiger partial charge in [-0.2, -0.15) is 0 Å². The van der Waals surface area contributed by atoms with E-state index in [2.05, 4.69) is 42.1 Å². The molecule has 84 valence electrons. The van der Waals surface area contributed by atoms with Crippen molar-refractivity contribution in [1.29, 1.82) is 0 Å². The lowest BCUT2D eigenvalue weighted by Crippen LogP contribution is -2.37. The zero-order chi connectivity index (χ0) is 11.6. The van der Waals surface area contributed by atoms with Gasteiger partial charge in [0, 0.05) is 10.2 Å². The van der Waals surface area contributed by atoms with Crippen molar-refractivity contribution in [2.45, 2.75) is 26.8 Å². The van der Waals surface area contributed by atoms with E-state index < -0.39 is 0 Å². The first-order valence-electron chi connectivity index (χ1n) is 4.87. The van der Waals surface area contributed by atoms with Gasteiger partial charge in [0.25, 0.3) is 0 Å². The molecule has 0 aliphatic carbocycles. The molecule has 0 heterocycles. The number of nitrogens with one attached hydrogen (secondary N) is 1. The molecule has 1 unspecified atom stereocenters. The van der Waals surface area contributed by atoms with E-state index in [9.17, 15) is 0 Å². The largest absolute Gasteiger partial charge is 0.398 e. The lowest BCUT2D eigenvalue weighted by atomic mass is 9.82. The summed E-state index contributed by atoms with van der Waals surface area (Å²) < 4.78 is 1.01. The highest BCUT2D eigenvalue weighted by atomic mass is 79.9. The van der Waals surface area contributed by atoms with Crippen molar-refractivity contribution in [3.05, 3.63) is 28.2 Å². The van der Waals surface area contributed by atoms with Crippen LogP contribution < -0.4 is 17.0 Å². The molecular formula is C11H18BrN3. The first-order chi connectivity index (χ1) is 6.86. The molecule has 1 atom stereocenters. The highest BCUT2D eigenvalue weighted by Crippen LogP contribution is 2.36. The zero-order valence-electron chi connectivity index (χ0n) is 9.34. The molecule has 0 spiro atoms. The van der Waals surface area contributed by atoms with Crippen molar-refractivity contribution in [2.75, 3.05) is 5.73 Å². The van der Waals surface area contributed by atoms with Crippen molar-refractivity contribution in [3.63, 3.8) is 0 Å². The molecule has 0 bridgehead atoms. The van der Waals surface area contributed by atoms with E-state index in [4.69, 9.17) is 11.6 Å². The van der Waals surface area contributed by atoms with Gasteiger partial charge < -0.3 is 5.73 Å². The smallest absolute Gasteiger partial charge is 0.0529 e. The first kappa shape index (κ1) is 12.5. The standard InChI is InChI=1S/C11H18BrN3/c1-11(2,3)10(15-14)8-6-7(12)4-5-9(8)13/h4-6,10,15H,13-14H2,1-3H3. The quantitative estimate of drug-likeness (QED) is 0.440. The van der Waals surface area contributed by atoms with Crippen LogP contribution in [0.15, 0.2) is 22.7 Å². The molecule has 0 fully saturated rings. The Bertz CT molecular complexity index is 344. The van der Waals surface area contributed by atoms with Gasteiger partial charge in [0.1, 0.15) is 0 Å². The number of anilines is 1. The predicted molar refractivity (Wildman–Crippen MR) is 68.1 cm³/mol. The Kier molecular flexibility index (Phi) is 3.76. The highest BCUT2D eigenvalue weighted by molar-refractivity contribution is 9.10. The second-order valence-corrected chi connectivity index (χ2v) is 5.65. The number of hydrazine groups is 1. The Hall–Kier alpha value is -0.580. The molecule has 5 N–H and O–H groups in total. The van der Waals surface area contributed by atoms with Crippen LogP contribution in [0.1, 0.15) is 32.4 Å². The van der Waals surface area contributed by atoms with Crippen molar-refractivity contribution in [2.24, 2.45) is 11.3 Å². The second-order valence-electron chi connectivity index (χ2n) is 4.74. The predicted octanol–water partition coefficient (Wildman–Crippen LogP) is 2.58. The van der Waals surface area contributed by atoms with Crippen LogP contribution in [-0.2, 0) is 0 Å². The van der Waals surface area contributed by atoms with Gasteiger partial charge in [-0.25, -0.2) is 0 Å². The summed E-state index contributed by atoms with van der Waals surface area (Å²) in [4.78, 5) is 0. The lowest BCUT2D eigenvalue weighted by Gasteiger charge is -2.31. The number of benzene rings is 1. The summed E-state index contributed by atoms with van der Waals surface area (Å²) >= 11 is 3.44. The fraction of sp³-hybridized carbons (Fsp3) is 0.455. The van der Waals surface area contributed by atoms with E-state index >= 15 is 0 Å². The van der Waals surface area contributed by atoms with Gasteiger partial charge in [-0.1, -0.05) is 36.7 Å². The van der Waals surface area contributed by atoms with Crippen molar-refractivity contribution < 1.29 is 0 Å². The fourth-order valence-corrected chi connectivity index (χ4v) is 1.98. The fourth-order valence-electron chi connectivity index (χ4n) is 1.60. The maximum absolute atomic E-state index is 5.95. The Morgan fingerprint density at radius 3 is 2.40 bits per heavy atom. The molecule has 4 heteroatoms. The van der Waals surface area contributed by atoms with Crippen LogP contribution in [0.5, 0.6) is 0 Å². The average Bonchev–Trinajstić information content (AvgIpc) is 2.10. The van der Waals surface area contributed by atoms with Crippen molar-refractivity contribution in [1.82, 2.24) is 5.43 Å². The molecule has 1 rings (SSSR count). The van der Waals surface area contributed by atoms with Gasteiger partial charge in [0.15, 0.2) is 0 Å². The normalized spacial score (nSPS) is 13.9. The molecule has 1 aromatic carbocycles. The third-order valence-corrected chi connectivity index (χ3v) is 2.89. The van der Waals surface area contributed by atoms with Gasteiger partial charge in [-0.3, -0.25) is 11.3 Å². The SMILES string of the molecule is CC(C)(C)C(NN)c1cc(Br)ccc1N. The van der Waals surface area contributed by atoms with Gasteiger partial charge >= 0.3 is 0 Å². The van der Waals surface area contributed by atoms with Crippen LogP contribution in [0.4, 0.5) is 5.69 Å². The number of nitrogen functional groups attached to an aromatic ring is 1. The molecule has 15 heavy (non-hydrogen) atoms. The zero-order valence-corrected chi connectivity index (χ0v) is 10.9. The maximum atomic E-state index is 5.95. The second kappa shape index (κ2) is 4.51. The summed E-state index contributed by atoms with van der Waals surface area (Å²) in [7, 11) is 0. The highest BCUT2D eigenvalue weighted by Gasteiger charge is 2.26. The van der Waals surface area contributed by atoms with E-state index in [0.717, 1.165) is 15.7 Å². The molecule has 0 radical (unpaired) electrons. The third-order valence-electron chi connectivity index (χ3n) is 2.39. The Morgan fingerprint density at radius 2 is 1.93 bits per heavy atom. The molecule has 3 nitrogen and oxygen atoms in total. The molecule has 0 aromatic heterocycles. The van der Waals surface area contributed by atoms with E-state index in [0.29, 0.717) is 0 Å². The summed E-state index contributed by atoms with van der Waals surface area (Å²) in [6.45, 7) is 6.37. The first-order valence-corrected chi connectivity index (χ1v) is 5.66. The van der Waals surface area contributed by atoms with E-state index in [1.165, 1.54) is 0 Å². The molecule has 0 amide bonds. The Labute approximate surface area is 99.3 Å². The van der Waals surface area contributed by atoms with Crippen molar-refractivity contribution >= 4 is 21.6 Å². The number of rotatable bonds is 2. The molecule has 0 saturated carbocycles. The number of hydrogen-bond donors (Lipinski definition) is 3. The van der Waals surface area contributed by atoms with Gasteiger partial charge in [0.2, 0.25) is 0 Å². The molecular weight excluding hydrogens is 254 g/mol. The van der Waals surface area contributed by atoms with Crippen LogP contribution in [0, 0.1) is 5.41 Å². The summed E-state index contributed by atoms with van der Waals surface area (Å²) in [5.41, 5.74) is 10.6. The van der Waals surface area contributed by atoms with Crippen molar-refractivity contribution in [3.8, 4) is 0 Å². The van der Waals surface area contributed by atoms with Gasteiger partial charge in [-0.15, -0.1) is 0 Å². The van der Waals surface area contributed by atoms with Crippen LogP contribution in [0.2, 0.25) is 0 Å². The molecule has 0 aliphatic heterocycles. The summed E-state index contributed by atoms with van der Waals surface area (Å²) in [5.74, 6) is 5.59. The Balaban J connectivity index is 3.18. The van der Waals surface area contributed by atoms with Crippen LogP contribution in [0.3, 0.4) is 0 Å². The van der Waals surface area contributed by atoms with Gasteiger partial charge in [-0.05, 0) is 29.2 Å². The Morgan fingerprint density at radius 1 is 1.33 bits per heavy atom. The summed E-state index contributed by atoms with van der Waals surface area (Å²) in [6.07, 6.45) is 0. The van der Waals surface area contributed by atoms with Crippen LogP contribution >= 0.6 is 15.9 Å². The minimum Gasteiger partial charge on any atom is -0.398 e. The molecule has 1 aromatic rings. The number of nitrogens with two attached hydrogens (primary N) is 2. The summed E-state index contributed by atoms with van der Waals surface area (Å²) in [5, 5.41) is 0. The minimum absolute atomic E-state index is 0.0175. The maximum Gasteiger partial charge on any atom is 0.0529 e. The molecule has 0 aliphatic rings. The topological polar surface area (TPSA) is 64.1 Å². The van der Waals surface area contributed by atoms with E-state index in [1.54, 1.807) is 0 Å². The number of halogens is 1. The van der Waals surface area contributed by atoms with E-state index in [-0.39, 0.29) is 11.5 Å². The van der Waals surface area contributed by atoms with Crippen LogP contribution in [0.25, 0.3) is 0 Å². The minimum atomic E-state index is 0.0175. The lowest BCUT2D eigenvalue weighted by molar-refractivity contribution is 0.276. The number of hydrogen-bond acceptors (Lipinski definition) is 3.